The number of para-hydroxylation sites is 1. The lowest BCUT2D eigenvalue weighted by atomic mass is 10.1. The summed E-state index contributed by atoms with van der Waals surface area (Å²) in [5.41, 5.74) is 0. The monoisotopic (exact) mass is 260 g/mol. The Morgan fingerprint density at radius 1 is 1.26 bits per heavy atom. The molecule has 0 aromatic heterocycles. The third-order valence-corrected chi connectivity index (χ3v) is 4.12. The SMILES string of the molecule is CC1CN2CCCC2CN1C(=O)Oc1ccccc1. The van der Waals surface area contributed by atoms with Gasteiger partial charge in [0, 0.05) is 25.2 Å². The van der Waals surface area contributed by atoms with Crippen LogP contribution in [-0.4, -0.2) is 47.6 Å². The molecule has 2 heterocycles. The Bertz CT molecular complexity index is 449. The van der Waals surface area contributed by atoms with Crippen molar-refractivity contribution in [2.75, 3.05) is 19.6 Å². The molecule has 1 aromatic rings. The minimum Gasteiger partial charge on any atom is -0.410 e. The van der Waals surface area contributed by atoms with Gasteiger partial charge in [0.2, 0.25) is 0 Å². The topological polar surface area (TPSA) is 32.8 Å². The largest absolute Gasteiger partial charge is 0.415 e. The number of nitrogens with zero attached hydrogens (tertiary/aromatic N) is 2. The molecule has 2 saturated heterocycles. The summed E-state index contributed by atoms with van der Waals surface area (Å²) in [5, 5.41) is 0. The van der Waals surface area contributed by atoms with Crippen LogP contribution in [0.2, 0.25) is 0 Å². The molecule has 19 heavy (non-hydrogen) atoms. The lowest BCUT2D eigenvalue weighted by molar-refractivity contribution is 0.0606. The number of carbonyl (C=O) groups is 1. The zero-order valence-corrected chi connectivity index (χ0v) is 11.3. The molecule has 2 unspecified atom stereocenters. The van der Waals surface area contributed by atoms with Gasteiger partial charge >= 0.3 is 6.09 Å². The van der Waals surface area contributed by atoms with Crippen molar-refractivity contribution in [1.82, 2.24) is 9.80 Å². The van der Waals surface area contributed by atoms with Crippen molar-refractivity contribution in [3.8, 4) is 5.75 Å². The van der Waals surface area contributed by atoms with E-state index >= 15 is 0 Å². The predicted molar refractivity (Wildman–Crippen MR) is 73.2 cm³/mol. The van der Waals surface area contributed by atoms with Gasteiger partial charge in [-0.25, -0.2) is 4.79 Å². The summed E-state index contributed by atoms with van der Waals surface area (Å²) < 4.78 is 5.44. The molecule has 0 spiro atoms. The maximum absolute atomic E-state index is 12.3. The number of piperazine rings is 1. The number of carbonyl (C=O) groups excluding carboxylic acids is 1. The number of hydrogen-bond acceptors (Lipinski definition) is 3. The normalized spacial score (nSPS) is 27.1. The van der Waals surface area contributed by atoms with Crippen LogP contribution in [0.25, 0.3) is 0 Å². The highest BCUT2D eigenvalue weighted by Gasteiger charge is 2.37. The van der Waals surface area contributed by atoms with E-state index in [1.807, 2.05) is 35.2 Å². The van der Waals surface area contributed by atoms with Crippen molar-refractivity contribution in [2.24, 2.45) is 0 Å². The molecule has 102 valence electrons. The van der Waals surface area contributed by atoms with Crippen LogP contribution in [0.15, 0.2) is 30.3 Å². The fraction of sp³-hybridized carbons (Fsp3) is 0.533. The van der Waals surface area contributed by atoms with E-state index in [0.29, 0.717) is 11.8 Å². The third kappa shape index (κ3) is 2.59. The molecular weight excluding hydrogens is 240 g/mol. The zero-order chi connectivity index (χ0) is 13.2. The molecular formula is C15H20N2O2. The first-order chi connectivity index (χ1) is 9.24. The molecule has 0 bridgehead atoms. The maximum Gasteiger partial charge on any atom is 0.415 e. The first kappa shape index (κ1) is 12.5. The molecule has 4 nitrogen and oxygen atoms in total. The van der Waals surface area contributed by atoms with Crippen molar-refractivity contribution in [3.63, 3.8) is 0 Å². The van der Waals surface area contributed by atoms with Crippen LogP contribution in [0.5, 0.6) is 5.75 Å². The molecule has 4 heteroatoms. The van der Waals surface area contributed by atoms with Crippen LogP contribution in [0.4, 0.5) is 4.79 Å². The second-order valence-electron chi connectivity index (χ2n) is 5.47. The van der Waals surface area contributed by atoms with Crippen LogP contribution >= 0.6 is 0 Å². The molecule has 3 rings (SSSR count). The van der Waals surface area contributed by atoms with E-state index in [1.54, 1.807) is 0 Å². The average molecular weight is 260 g/mol. The van der Waals surface area contributed by atoms with Gasteiger partial charge in [-0.15, -0.1) is 0 Å². The van der Waals surface area contributed by atoms with Crippen molar-refractivity contribution in [3.05, 3.63) is 30.3 Å². The summed E-state index contributed by atoms with van der Waals surface area (Å²) in [7, 11) is 0. The van der Waals surface area contributed by atoms with Gasteiger partial charge < -0.3 is 9.64 Å². The van der Waals surface area contributed by atoms with Crippen molar-refractivity contribution < 1.29 is 9.53 Å². The Morgan fingerprint density at radius 2 is 2.05 bits per heavy atom. The van der Waals surface area contributed by atoms with Gasteiger partial charge in [0.25, 0.3) is 0 Å². The summed E-state index contributed by atoms with van der Waals surface area (Å²) in [5.74, 6) is 0.619. The molecule has 2 fully saturated rings. The van der Waals surface area contributed by atoms with Gasteiger partial charge in [-0.05, 0) is 38.4 Å². The fourth-order valence-corrected chi connectivity index (χ4v) is 3.09. The second kappa shape index (κ2) is 5.21. The van der Waals surface area contributed by atoms with Gasteiger partial charge in [0.05, 0.1) is 0 Å². The second-order valence-corrected chi connectivity index (χ2v) is 5.47. The van der Waals surface area contributed by atoms with E-state index in [9.17, 15) is 4.79 Å². The molecule has 0 aliphatic carbocycles. The standard InChI is InChI=1S/C15H20N2O2/c1-12-10-16-9-5-6-13(16)11-17(12)15(18)19-14-7-3-2-4-8-14/h2-4,7-8,12-13H,5-6,9-11H2,1H3. The molecule has 0 N–H and O–H groups in total. The summed E-state index contributed by atoms with van der Waals surface area (Å²) in [6.45, 7) is 5.04. The number of hydrogen-bond donors (Lipinski definition) is 0. The Kier molecular flexibility index (Phi) is 3.42. The highest BCUT2D eigenvalue weighted by molar-refractivity contribution is 5.71. The van der Waals surface area contributed by atoms with Gasteiger partial charge in [0.1, 0.15) is 5.75 Å². The number of rotatable bonds is 1. The highest BCUT2D eigenvalue weighted by Crippen LogP contribution is 2.25. The molecule has 1 amide bonds. The molecule has 2 aliphatic heterocycles. The molecule has 2 aliphatic rings. The van der Waals surface area contributed by atoms with Crippen LogP contribution in [0.1, 0.15) is 19.8 Å². The third-order valence-electron chi connectivity index (χ3n) is 4.12. The fourth-order valence-electron chi connectivity index (χ4n) is 3.09. The zero-order valence-electron chi connectivity index (χ0n) is 11.3. The molecule has 2 atom stereocenters. The van der Waals surface area contributed by atoms with Crippen molar-refractivity contribution in [1.29, 1.82) is 0 Å². The predicted octanol–water partition coefficient (Wildman–Crippen LogP) is 2.35. The van der Waals surface area contributed by atoms with E-state index in [1.165, 1.54) is 19.4 Å². The first-order valence-corrected chi connectivity index (χ1v) is 7.01. The minimum atomic E-state index is -0.217. The Morgan fingerprint density at radius 3 is 2.84 bits per heavy atom. The molecule has 1 aromatic carbocycles. The lowest BCUT2D eigenvalue weighted by Gasteiger charge is -2.41. The quantitative estimate of drug-likeness (QED) is 0.777. The number of fused-ring (bicyclic) bond motifs is 1. The van der Waals surface area contributed by atoms with Gasteiger partial charge in [0.15, 0.2) is 0 Å². The summed E-state index contributed by atoms with van der Waals surface area (Å²) in [6.07, 6.45) is 2.23. The highest BCUT2D eigenvalue weighted by atomic mass is 16.6. The van der Waals surface area contributed by atoms with E-state index in [-0.39, 0.29) is 12.1 Å². The van der Waals surface area contributed by atoms with E-state index in [4.69, 9.17) is 4.74 Å². The van der Waals surface area contributed by atoms with Gasteiger partial charge in [-0.3, -0.25) is 4.90 Å². The van der Waals surface area contributed by atoms with Gasteiger partial charge in [-0.1, -0.05) is 18.2 Å². The maximum atomic E-state index is 12.3. The van der Waals surface area contributed by atoms with Crippen LogP contribution in [0, 0.1) is 0 Å². The minimum absolute atomic E-state index is 0.217. The molecule has 0 radical (unpaired) electrons. The number of ether oxygens (including phenoxy) is 1. The Balaban J connectivity index is 1.66. The summed E-state index contributed by atoms with van der Waals surface area (Å²) in [4.78, 5) is 16.6. The lowest BCUT2D eigenvalue weighted by Crippen LogP contribution is -2.57. The van der Waals surface area contributed by atoms with Crippen molar-refractivity contribution >= 4 is 6.09 Å². The number of amides is 1. The number of benzene rings is 1. The molecule has 0 saturated carbocycles. The van der Waals surface area contributed by atoms with Crippen LogP contribution in [0.3, 0.4) is 0 Å². The van der Waals surface area contributed by atoms with Crippen LogP contribution in [-0.2, 0) is 0 Å². The smallest absolute Gasteiger partial charge is 0.410 e. The van der Waals surface area contributed by atoms with E-state index in [0.717, 1.165) is 13.1 Å². The van der Waals surface area contributed by atoms with Crippen molar-refractivity contribution in [2.45, 2.75) is 31.8 Å². The summed E-state index contributed by atoms with van der Waals surface area (Å²) in [6, 6.07) is 10.0. The van der Waals surface area contributed by atoms with E-state index < -0.39 is 0 Å². The summed E-state index contributed by atoms with van der Waals surface area (Å²) >= 11 is 0. The Hall–Kier alpha value is -1.55. The van der Waals surface area contributed by atoms with Crippen LogP contribution < -0.4 is 4.74 Å². The first-order valence-electron chi connectivity index (χ1n) is 7.01. The Labute approximate surface area is 113 Å². The average Bonchev–Trinajstić information content (AvgIpc) is 2.86. The van der Waals surface area contributed by atoms with E-state index in [2.05, 4.69) is 11.8 Å². The van der Waals surface area contributed by atoms with Gasteiger partial charge in [-0.2, -0.15) is 0 Å².